The first-order valence-electron chi connectivity index (χ1n) is 4.05. The molecule has 0 bridgehead atoms. The molecule has 0 rings (SSSR count). The molecule has 2 heteroatoms. The molecule has 0 aromatic carbocycles. The van der Waals surface area contributed by atoms with Gasteiger partial charge in [0.1, 0.15) is 0 Å². The first-order chi connectivity index (χ1) is 5.41. The zero-order valence-corrected chi connectivity index (χ0v) is 7.23. The molecule has 11 heavy (non-hydrogen) atoms. The van der Waals surface area contributed by atoms with Gasteiger partial charge in [-0.15, -0.1) is 12.3 Å². The third-order valence-corrected chi connectivity index (χ3v) is 1.40. The van der Waals surface area contributed by atoms with Crippen molar-refractivity contribution in [3.05, 3.63) is 0 Å². The zero-order chi connectivity index (χ0) is 8.36. The Bertz CT molecular complexity index is 107. The molecule has 0 radical (unpaired) electrons. The maximum absolute atomic E-state index is 5.08. The van der Waals surface area contributed by atoms with Crippen LogP contribution in [0.4, 0.5) is 0 Å². The Morgan fingerprint density at radius 3 is 2.82 bits per heavy atom. The molecule has 0 atom stereocenters. The van der Waals surface area contributed by atoms with Crippen LogP contribution < -0.4 is 5.32 Å². The summed E-state index contributed by atoms with van der Waals surface area (Å²) in [6, 6.07) is 0. The smallest absolute Gasteiger partial charge is 0.0462 e. The van der Waals surface area contributed by atoms with E-state index in [0.29, 0.717) is 0 Å². The lowest BCUT2D eigenvalue weighted by atomic mass is 10.3. The average molecular weight is 155 g/mol. The van der Waals surface area contributed by atoms with Gasteiger partial charge >= 0.3 is 0 Å². The topological polar surface area (TPSA) is 21.3 Å². The number of methoxy groups -OCH3 is 1. The van der Waals surface area contributed by atoms with Crippen molar-refractivity contribution in [3.63, 3.8) is 0 Å². The quantitative estimate of drug-likeness (QED) is 0.438. The molecule has 0 saturated heterocycles. The van der Waals surface area contributed by atoms with Crippen LogP contribution >= 0.6 is 0 Å². The first kappa shape index (κ1) is 10.5. The van der Waals surface area contributed by atoms with Crippen LogP contribution in [0.1, 0.15) is 19.3 Å². The van der Waals surface area contributed by atoms with Gasteiger partial charge < -0.3 is 10.1 Å². The third kappa shape index (κ3) is 9.48. The van der Waals surface area contributed by atoms with E-state index in [1.165, 1.54) is 6.42 Å². The summed E-state index contributed by atoms with van der Waals surface area (Å²) in [6.07, 6.45) is 8.19. The summed E-state index contributed by atoms with van der Waals surface area (Å²) in [5.41, 5.74) is 0. The summed E-state index contributed by atoms with van der Waals surface area (Å²) in [5, 5.41) is 3.25. The zero-order valence-electron chi connectivity index (χ0n) is 7.23. The summed E-state index contributed by atoms with van der Waals surface area (Å²) >= 11 is 0. The summed E-state index contributed by atoms with van der Waals surface area (Å²) in [4.78, 5) is 0. The molecule has 0 aromatic heterocycles. The van der Waals surface area contributed by atoms with Crippen molar-refractivity contribution in [1.29, 1.82) is 0 Å². The molecule has 0 spiro atoms. The SMILES string of the molecule is C#CCCNCCCCOC. The van der Waals surface area contributed by atoms with E-state index < -0.39 is 0 Å². The minimum absolute atomic E-state index is 0.824. The van der Waals surface area contributed by atoms with Crippen molar-refractivity contribution in [1.82, 2.24) is 5.32 Å². The van der Waals surface area contributed by atoms with Crippen molar-refractivity contribution < 1.29 is 4.74 Å². The van der Waals surface area contributed by atoms with E-state index in [0.717, 1.165) is 32.5 Å². The number of nitrogens with one attached hydrogen (secondary N) is 1. The maximum atomic E-state index is 5.08. The normalized spacial score (nSPS) is 9.45. The van der Waals surface area contributed by atoms with Crippen LogP contribution in [-0.2, 0) is 4.74 Å². The van der Waals surface area contributed by atoms with Gasteiger partial charge in [0.25, 0.3) is 0 Å². The summed E-state index contributed by atoms with van der Waals surface area (Å²) in [7, 11) is 1.73. The Morgan fingerprint density at radius 1 is 1.36 bits per heavy atom. The van der Waals surface area contributed by atoms with Crippen LogP contribution in [0.3, 0.4) is 0 Å². The average Bonchev–Trinajstić information content (AvgIpc) is 2.03. The Kier molecular flexibility index (Phi) is 9.03. The van der Waals surface area contributed by atoms with E-state index in [9.17, 15) is 0 Å². The summed E-state index contributed by atoms with van der Waals surface area (Å²) in [6.45, 7) is 2.84. The lowest BCUT2D eigenvalue weighted by molar-refractivity contribution is 0.192. The molecule has 0 fully saturated rings. The van der Waals surface area contributed by atoms with Gasteiger partial charge in [0, 0.05) is 26.7 Å². The molecule has 0 heterocycles. The van der Waals surface area contributed by atoms with Gasteiger partial charge in [-0.2, -0.15) is 0 Å². The second kappa shape index (κ2) is 9.48. The molecule has 0 aliphatic heterocycles. The van der Waals surface area contributed by atoms with Crippen molar-refractivity contribution in [2.75, 3.05) is 26.8 Å². The maximum Gasteiger partial charge on any atom is 0.0462 e. The molecule has 0 aliphatic rings. The van der Waals surface area contributed by atoms with Gasteiger partial charge in [-0.05, 0) is 19.4 Å². The van der Waals surface area contributed by atoms with Crippen LogP contribution in [0.2, 0.25) is 0 Å². The highest BCUT2D eigenvalue weighted by Crippen LogP contribution is 1.86. The molecule has 0 aliphatic carbocycles. The van der Waals surface area contributed by atoms with Crippen molar-refractivity contribution in [2.24, 2.45) is 0 Å². The van der Waals surface area contributed by atoms with Gasteiger partial charge in [-0.1, -0.05) is 0 Å². The number of hydrogen-bond acceptors (Lipinski definition) is 2. The second-order valence-electron chi connectivity index (χ2n) is 2.40. The van der Waals surface area contributed by atoms with Crippen LogP contribution in [0.25, 0.3) is 0 Å². The second-order valence-corrected chi connectivity index (χ2v) is 2.40. The van der Waals surface area contributed by atoms with Crippen molar-refractivity contribution in [2.45, 2.75) is 19.3 Å². The lowest BCUT2D eigenvalue weighted by Crippen LogP contribution is -2.16. The fourth-order valence-electron chi connectivity index (χ4n) is 0.782. The predicted molar refractivity (Wildman–Crippen MR) is 47.4 cm³/mol. The van der Waals surface area contributed by atoms with Gasteiger partial charge in [0.2, 0.25) is 0 Å². The summed E-state index contributed by atoms with van der Waals surface area (Å²) in [5.74, 6) is 2.58. The number of unbranched alkanes of at least 4 members (excludes halogenated alkanes) is 1. The largest absolute Gasteiger partial charge is 0.385 e. The minimum Gasteiger partial charge on any atom is -0.385 e. The highest BCUT2D eigenvalue weighted by atomic mass is 16.5. The van der Waals surface area contributed by atoms with E-state index in [2.05, 4.69) is 11.2 Å². The molecule has 0 aromatic rings. The molecule has 1 N–H and O–H groups in total. The third-order valence-electron chi connectivity index (χ3n) is 1.40. The molecular weight excluding hydrogens is 138 g/mol. The van der Waals surface area contributed by atoms with Crippen molar-refractivity contribution >= 4 is 0 Å². The minimum atomic E-state index is 0.824. The molecule has 2 nitrogen and oxygen atoms in total. The molecule has 0 amide bonds. The number of rotatable bonds is 7. The number of ether oxygens (including phenoxy) is 1. The van der Waals surface area contributed by atoms with E-state index in [1.807, 2.05) is 0 Å². The van der Waals surface area contributed by atoms with E-state index in [-0.39, 0.29) is 0 Å². The van der Waals surface area contributed by atoms with Crippen LogP contribution in [0, 0.1) is 12.3 Å². The van der Waals surface area contributed by atoms with Crippen LogP contribution in [0.5, 0.6) is 0 Å². The molecule has 64 valence electrons. The van der Waals surface area contributed by atoms with E-state index >= 15 is 0 Å². The Balaban J connectivity index is 2.75. The number of hydrogen-bond donors (Lipinski definition) is 1. The Labute approximate surface area is 69.3 Å². The lowest BCUT2D eigenvalue weighted by Gasteiger charge is -2.01. The Hall–Kier alpha value is -0.520. The van der Waals surface area contributed by atoms with Gasteiger partial charge in [0.15, 0.2) is 0 Å². The fourth-order valence-corrected chi connectivity index (χ4v) is 0.782. The highest BCUT2D eigenvalue weighted by molar-refractivity contribution is 4.83. The van der Waals surface area contributed by atoms with Gasteiger partial charge in [-0.25, -0.2) is 0 Å². The predicted octanol–water partition coefficient (Wildman–Crippen LogP) is 1.03. The van der Waals surface area contributed by atoms with Gasteiger partial charge in [0.05, 0.1) is 0 Å². The fraction of sp³-hybridized carbons (Fsp3) is 0.778. The van der Waals surface area contributed by atoms with Gasteiger partial charge in [-0.3, -0.25) is 0 Å². The molecular formula is C9H17NO. The van der Waals surface area contributed by atoms with Crippen LogP contribution in [0.15, 0.2) is 0 Å². The standard InChI is InChI=1S/C9H17NO/c1-3-4-7-10-8-5-6-9-11-2/h1,10H,4-9H2,2H3. The molecule has 0 unspecified atom stereocenters. The summed E-state index contributed by atoms with van der Waals surface area (Å²) < 4.78 is 4.91. The highest BCUT2D eigenvalue weighted by Gasteiger charge is 1.86. The van der Waals surface area contributed by atoms with E-state index in [1.54, 1.807) is 7.11 Å². The number of terminal acetylenes is 1. The van der Waals surface area contributed by atoms with Crippen LogP contribution in [-0.4, -0.2) is 26.8 Å². The molecule has 0 saturated carbocycles. The monoisotopic (exact) mass is 155 g/mol. The first-order valence-corrected chi connectivity index (χ1v) is 4.05. The van der Waals surface area contributed by atoms with E-state index in [4.69, 9.17) is 11.2 Å². The Morgan fingerprint density at radius 2 is 2.18 bits per heavy atom. The van der Waals surface area contributed by atoms with Crippen molar-refractivity contribution in [3.8, 4) is 12.3 Å².